The summed E-state index contributed by atoms with van der Waals surface area (Å²) in [4.78, 5) is 20.4. The number of amides is 1. The fourth-order valence-corrected chi connectivity index (χ4v) is 2.68. The Balaban J connectivity index is 1.79. The van der Waals surface area contributed by atoms with E-state index in [1.807, 2.05) is 48.9 Å². The van der Waals surface area contributed by atoms with E-state index in [0.29, 0.717) is 10.4 Å². The second-order valence-electron chi connectivity index (χ2n) is 5.35. The quantitative estimate of drug-likeness (QED) is 0.747. The van der Waals surface area contributed by atoms with Crippen LogP contribution in [0.3, 0.4) is 0 Å². The number of para-hydroxylation sites is 1. The van der Waals surface area contributed by atoms with Crippen LogP contribution in [0.25, 0.3) is 5.69 Å². The Labute approximate surface area is 148 Å². The number of nitrogens with zero attached hydrogens (tertiary/aromatic N) is 4. The summed E-state index contributed by atoms with van der Waals surface area (Å²) in [7, 11) is 0. The predicted octanol–water partition coefficient (Wildman–Crippen LogP) is 3.22. The molecule has 7 heteroatoms. The van der Waals surface area contributed by atoms with Crippen molar-refractivity contribution in [3.8, 4) is 5.69 Å². The zero-order valence-corrected chi connectivity index (χ0v) is 14.9. The van der Waals surface area contributed by atoms with Crippen LogP contribution in [0.2, 0.25) is 0 Å². The topological polar surface area (TPSA) is 72.7 Å². The highest BCUT2D eigenvalue weighted by Gasteiger charge is 2.16. The van der Waals surface area contributed by atoms with E-state index in [1.54, 1.807) is 6.20 Å². The Morgan fingerprint density at radius 1 is 1.17 bits per heavy atom. The van der Waals surface area contributed by atoms with Crippen molar-refractivity contribution in [1.29, 1.82) is 0 Å². The van der Waals surface area contributed by atoms with Gasteiger partial charge in [-0.15, -0.1) is 0 Å². The van der Waals surface area contributed by atoms with Crippen LogP contribution in [0.15, 0.2) is 47.3 Å². The van der Waals surface area contributed by atoms with Gasteiger partial charge in [-0.25, -0.2) is 14.6 Å². The maximum absolute atomic E-state index is 12.3. The second kappa shape index (κ2) is 6.92. The van der Waals surface area contributed by atoms with Crippen molar-refractivity contribution in [2.75, 3.05) is 5.32 Å². The monoisotopic (exact) mass is 385 g/mol. The summed E-state index contributed by atoms with van der Waals surface area (Å²) in [5.74, 6) is 0.277. The lowest BCUT2D eigenvalue weighted by Gasteiger charge is -2.06. The lowest BCUT2D eigenvalue weighted by atomic mass is 10.1. The first-order chi connectivity index (χ1) is 11.5. The molecule has 3 aromatic rings. The zero-order chi connectivity index (χ0) is 17.1. The molecule has 0 unspecified atom stereocenters. The third-order valence-electron chi connectivity index (χ3n) is 3.67. The molecule has 0 aliphatic heterocycles. The van der Waals surface area contributed by atoms with Crippen molar-refractivity contribution in [2.24, 2.45) is 0 Å². The van der Waals surface area contributed by atoms with Crippen LogP contribution in [-0.2, 0) is 11.2 Å². The second-order valence-corrected chi connectivity index (χ2v) is 6.16. The van der Waals surface area contributed by atoms with Gasteiger partial charge in [-0.1, -0.05) is 18.2 Å². The standard InChI is InChI=1S/C17H16BrN5O/c1-11-14(8-17(24)21-16-10-19-15(18)9-20-16)12(2)23(22-11)13-6-4-3-5-7-13/h3-7,9-10H,8H2,1-2H3,(H,20,21,24). The molecule has 6 nitrogen and oxygen atoms in total. The van der Waals surface area contributed by atoms with E-state index >= 15 is 0 Å². The lowest BCUT2D eigenvalue weighted by molar-refractivity contribution is -0.115. The van der Waals surface area contributed by atoms with Crippen molar-refractivity contribution < 1.29 is 4.79 Å². The molecule has 2 aromatic heterocycles. The van der Waals surface area contributed by atoms with Gasteiger partial charge in [-0.2, -0.15) is 5.10 Å². The molecule has 24 heavy (non-hydrogen) atoms. The van der Waals surface area contributed by atoms with E-state index in [1.165, 1.54) is 6.20 Å². The van der Waals surface area contributed by atoms with Gasteiger partial charge >= 0.3 is 0 Å². The molecule has 0 aliphatic rings. The number of nitrogens with one attached hydrogen (secondary N) is 1. The third-order valence-corrected chi connectivity index (χ3v) is 4.08. The fourth-order valence-electron chi connectivity index (χ4n) is 2.48. The van der Waals surface area contributed by atoms with Gasteiger partial charge in [0.05, 0.1) is 30.2 Å². The Morgan fingerprint density at radius 3 is 2.58 bits per heavy atom. The van der Waals surface area contributed by atoms with Gasteiger partial charge in [0.1, 0.15) is 4.60 Å². The number of aryl methyl sites for hydroxylation is 1. The van der Waals surface area contributed by atoms with Crippen molar-refractivity contribution in [3.05, 3.63) is 64.3 Å². The first kappa shape index (κ1) is 16.3. The average molecular weight is 386 g/mol. The van der Waals surface area contributed by atoms with Gasteiger partial charge in [-0.05, 0) is 41.9 Å². The molecule has 1 N–H and O–H groups in total. The van der Waals surface area contributed by atoms with Crippen molar-refractivity contribution in [2.45, 2.75) is 20.3 Å². The molecule has 1 amide bonds. The summed E-state index contributed by atoms with van der Waals surface area (Å²) in [6, 6.07) is 9.86. The minimum Gasteiger partial charge on any atom is -0.309 e. The molecule has 0 saturated heterocycles. The number of hydrogen-bond acceptors (Lipinski definition) is 4. The molecule has 0 fully saturated rings. The Morgan fingerprint density at radius 2 is 1.92 bits per heavy atom. The molecular formula is C17H16BrN5O. The minimum atomic E-state index is -0.148. The van der Waals surface area contributed by atoms with Crippen LogP contribution >= 0.6 is 15.9 Å². The van der Waals surface area contributed by atoms with E-state index in [9.17, 15) is 4.79 Å². The highest BCUT2D eigenvalue weighted by atomic mass is 79.9. The largest absolute Gasteiger partial charge is 0.309 e. The Bertz CT molecular complexity index is 859. The number of hydrogen-bond donors (Lipinski definition) is 1. The first-order valence-electron chi connectivity index (χ1n) is 7.42. The molecule has 1 aromatic carbocycles. The molecule has 0 radical (unpaired) electrons. The SMILES string of the molecule is Cc1nn(-c2ccccc2)c(C)c1CC(=O)Nc1cnc(Br)cn1. The van der Waals surface area contributed by atoms with Gasteiger partial charge in [0.15, 0.2) is 5.82 Å². The fraction of sp³-hybridized carbons (Fsp3) is 0.176. The van der Waals surface area contributed by atoms with Crippen LogP contribution < -0.4 is 5.32 Å². The van der Waals surface area contributed by atoms with E-state index in [-0.39, 0.29) is 12.3 Å². The number of aromatic nitrogens is 4. The lowest BCUT2D eigenvalue weighted by Crippen LogP contribution is -2.16. The molecule has 0 saturated carbocycles. The van der Waals surface area contributed by atoms with Gasteiger partial charge in [-0.3, -0.25) is 4.79 Å². The summed E-state index contributed by atoms with van der Waals surface area (Å²) in [6.45, 7) is 3.88. The number of halogens is 1. The van der Waals surface area contributed by atoms with E-state index in [2.05, 4.69) is 36.3 Å². The van der Waals surface area contributed by atoms with E-state index in [4.69, 9.17) is 0 Å². The molecule has 2 heterocycles. The van der Waals surface area contributed by atoms with Gasteiger partial charge in [0.25, 0.3) is 0 Å². The molecule has 0 spiro atoms. The highest BCUT2D eigenvalue weighted by molar-refractivity contribution is 9.10. The summed E-state index contributed by atoms with van der Waals surface area (Å²) in [5.41, 5.74) is 3.69. The van der Waals surface area contributed by atoms with Gasteiger partial charge in [0, 0.05) is 11.3 Å². The van der Waals surface area contributed by atoms with Gasteiger partial charge < -0.3 is 5.32 Å². The maximum Gasteiger partial charge on any atom is 0.230 e. The van der Waals surface area contributed by atoms with Crippen LogP contribution in [-0.4, -0.2) is 25.7 Å². The van der Waals surface area contributed by atoms with Crippen molar-refractivity contribution in [3.63, 3.8) is 0 Å². The predicted molar refractivity (Wildman–Crippen MR) is 95.1 cm³/mol. The Kier molecular flexibility index (Phi) is 4.71. The highest BCUT2D eigenvalue weighted by Crippen LogP contribution is 2.18. The van der Waals surface area contributed by atoms with E-state index in [0.717, 1.165) is 22.6 Å². The number of carbonyl (C=O) groups is 1. The van der Waals surface area contributed by atoms with Gasteiger partial charge in [0.2, 0.25) is 5.91 Å². The minimum absolute atomic E-state index is 0.148. The van der Waals surface area contributed by atoms with Crippen LogP contribution in [0, 0.1) is 13.8 Å². The maximum atomic E-state index is 12.3. The normalized spacial score (nSPS) is 10.6. The molecular weight excluding hydrogens is 370 g/mol. The number of carbonyl (C=O) groups excluding carboxylic acids is 1. The average Bonchev–Trinajstić information content (AvgIpc) is 2.86. The summed E-state index contributed by atoms with van der Waals surface area (Å²) in [6.07, 6.45) is 3.29. The number of anilines is 1. The third kappa shape index (κ3) is 3.51. The molecule has 0 bridgehead atoms. The zero-order valence-electron chi connectivity index (χ0n) is 13.3. The van der Waals surface area contributed by atoms with E-state index < -0.39 is 0 Å². The molecule has 122 valence electrons. The molecule has 3 rings (SSSR count). The van der Waals surface area contributed by atoms with Crippen molar-refractivity contribution in [1.82, 2.24) is 19.7 Å². The molecule has 0 atom stereocenters. The summed E-state index contributed by atoms with van der Waals surface area (Å²) < 4.78 is 2.48. The number of rotatable bonds is 4. The Hall–Kier alpha value is -2.54. The summed E-state index contributed by atoms with van der Waals surface area (Å²) in [5, 5.41) is 7.31. The van der Waals surface area contributed by atoms with Crippen LogP contribution in [0.4, 0.5) is 5.82 Å². The smallest absolute Gasteiger partial charge is 0.230 e. The van der Waals surface area contributed by atoms with Crippen molar-refractivity contribution >= 4 is 27.7 Å². The van der Waals surface area contributed by atoms with Crippen LogP contribution in [0.1, 0.15) is 17.0 Å². The number of benzene rings is 1. The first-order valence-corrected chi connectivity index (χ1v) is 8.22. The summed E-state index contributed by atoms with van der Waals surface area (Å²) >= 11 is 3.21. The molecule has 0 aliphatic carbocycles. The van der Waals surface area contributed by atoms with Crippen LogP contribution in [0.5, 0.6) is 0 Å².